The van der Waals surface area contributed by atoms with Crippen LogP contribution in [0.4, 0.5) is 0 Å². The van der Waals surface area contributed by atoms with E-state index in [1.54, 1.807) is 22.7 Å². The highest BCUT2D eigenvalue weighted by molar-refractivity contribution is 7.10. The van der Waals surface area contributed by atoms with E-state index in [1.165, 1.54) is 4.88 Å². The van der Waals surface area contributed by atoms with Crippen LogP contribution in [0.1, 0.15) is 21.8 Å². The third-order valence-corrected chi connectivity index (χ3v) is 4.60. The lowest BCUT2D eigenvalue weighted by atomic mass is 10.2. The Balaban J connectivity index is 1.83. The molecule has 3 rings (SSSR count). The molecule has 0 spiro atoms. The van der Waals surface area contributed by atoms with Gasteiger partial charge in [-0.15, -0.1) is 22.7 Å². The Morgan fingerprint density at radius 1 is 1.26 bits per heavy atom. The minimum atomic E-state index is 0.115. The normalized spacial score (nSPS) is 12.7. The lowest BCUT2D eigenvalue weighted by Crippen LogP contribution is -2.23. The Morgan fingerprint density at radius 2 is 2.21 bits per heavy atom. The molecule has 0 fully saturated rings. The van der Waals surface area contributed by atoms with E-state index in [0.29, 0.717) is 0 Å². The number of hydrogen-bond acceptors (Lipinski definition) is 5. The van der Waals surface area contributed by atoms with Crippen LogP contribution in [-0.4, -0.2) is 14.5 Å². The standard InChI is InChI=1S/C13H14N4S2/c1-17-6-4-15-13(17)12(10-3-2-7-18-10)16-9-11-14-5-8-19-11/h2-8,12,16H,9H2,1H3. The zero-order valence-corrected chi connectivity index (χ0v) is 12.1. The topological polar surface area (TPSA) is 42.7 Å². The molecule has 1 unspecified atom stereocenters. The summed E-state index contributed by atoms with van der Waals surface area (Å²) in [5.41, 5.74) is 0. The fraction of sp³-hybridized carbons (Fsp3) is 0.231. The molecule has 19 heavy (non-hydrogen) atoms. The maximum atomic E-state index is 4.46. The van der Waals surface area contributed by atoms with E-state index in [4.69, 9.17) is 0 Å². The van der Waals surface area contributed by atoms with Gasteiger partial charge in [0.25, 0.3) is 0 Å². The summed E-state index contributed by atoms with van der Waals surface area (Å²) in [6, 6.07) is 4.32. The zero-order chi connectivity index (χ0) is 13.1. The molecule has 98 valence electrons. The lowest BCUT2D eigenvalue weighted by molar-refractivity contribution is 0.564. The Morgan fingerprint density at radius 3 is 2.84 bits per heavy atom. The first-order valence-corrected chi connectivity index (χ1v) is 7.73. The molecule has 0 aliphatic heterocycles. The van der Waals surface area contributed by atoms with E-state index in [0.717, 1.165) is 17.4 Å². The maximum absolute atomic E-state index is 4.46. The Bertz CT molecular complexity index is 613. The van der Waals surface area contributed by atoms with Gasteiger partial charge in [-0.25, -0.2) is 9.97 Å². The van der Waals surface area contributed by atoms with Gasteiger partial charge in [-0.05, 0) is 11.4 Å². The highest BCUT2D eigenvalue weighted by Gasteiger charge is 2.18. The molecule has 0 saturated heterocycles. The number of aryl methyl sites for hydroxylation is 1. The number of nitrogens with one attached hydrogen (secondary N) is 1. The molecule has 1 atom stereocenters. The third-order valence-electron chi connectivity index (χ3n) is 2.89. The van der Waals surface area contributed by atoms with Crippen LogP contribution in [-0.2, 0) is 13.6 Å². The molecule has 0 saturated carbocycles. The van der Waals surface area contributed by atoms with E-state index < -0.39 is 0 Å². The van der Waals surface area contributed by atoms with Gasteiger partial charge >= 0.3 is 0 Å². The van der Waals surface area contributed by atoms with Gasteiger partial charge in [-0.1, -0.05) is 6.07 Å². The van der Waals surface area contributed by atoms with Crippen molar-refractivity contribution in [2.24, 2.45) is 7.05 Å². The van der Waals surface area contributed by atoms with Crippen molar-refractivity contribution in [3.8, 4) is 0 Å². The van der Waals surface area contributed by atoms with Crippen LogP contribution in [0, 0.1) is 0 Å². The highest BCUT2D eigenvalue weighted by Crippen LogP contribution is 2.25. The van der Waals surface area contributed by atoms with Crippen molar-refractivity contribution in [3.05, 3.63) is 57.2 Å². The van der Waals surface area contributed by atoms with E-state index in [2.05, 4.69) is 37.4 Å². The fourth-order valence-electron chi connectivity index (χ4n) is 1.96. The van der Waals surface area contributed by atoms with Gasteiger partial charge in [0, 0.05) is 42.4 Å². The molecule has 3 aromatic rings. The molecule has 0 bridgehead atoms. The summed E-state index contributed by atoms with van der Waals surface area (Å²) in [5.74, 6) is 1.03. The first-order valence-electron chi connectivity index (χ1n) is 5.97. The molecule has 0 amide bonds. The van der Waals surface area contributed by atoms with E-state index >= 15 is 0 Å². The van der Waals surface area contributed by atoms with Crippen molar-refractivity contribution in [2.75, 3.05) is 0 Å². The summed E-state index contributed by atoms with van der Waals surface area (Å²) in [7, 11) is 2.02. The largest absolute Gasteiger partial charge is 0.336 e. The van der Waals surface area contributed by atoms with Crippen molar-refractivity contribution in [2.45, 2.75) is 12.6 Å². The Labute approximate surface area is 119 Å². The van der Waals surface area contributed by atoms with Gasteiger partial charge in [0.2, 0.25) is 0 Å². The molecule has 0 aliphatic carbocycles. The molecular weight excluding hydrogens is 276 g/mol. The highest BCUT2D eigenvalue weighted by atomic mass is 32.1. The summed E-state index contributed by atoms with van der Waals surface area (Å²) in [6.45, 7) is 0.757. The second-order valence-corrected chi connectivity index (χ2v) is 6.11. The van der Waals surface area contributed by atoms with Crippen molar-refractivity contribution in [1.82, 2.24) is 19.9 Å². The summed E-state index contributed by atoms with van der Waals surface area (Å²) in [6.07, 6.45) is 5.64. The van der Waals surface area contributed by atoms with Gasteiger partial charge in [0.1, 0.15) is 16.9 Å². The third kappa shape index (κ3) is 2.75. The number of hydrogen-bond donors (Lipinski definition) is 1. The average molecular weight is 290 g/mol. The number of nitrogens with zero attached hydrogens (tertiary/aromatic N) is 3. The molecule has 0 radical (unpaired) electrons. The number of aromatic nitrogens is 3. The van der Waals surface area contributed by atoms with E-state index in [1.807, 2.05) is 31.0 Å². The molecule has 0 aliphatic rings. The fourth-order valence-corrected chi connectivity index (χ4v) is 3.32. The number of thiazole rings is 1. The predicted molar refractivity (Wildman–Crippen MR) is 78.3 cm³/mol. The van der Waals surface area contributed by atoms with Gasteiger partial charge in [-0.3, -0.25) is 5.32 Å². The second kappa shape index (κ2) is 5.64. The molecule has 3 heterocycles. The Hall–Kier alpha value is -1.50. The molecular formula is C13H14N4S2. The minimum Gasteiger partial charge on any atom is -0.336 e. The van der Waals surface area contributed by atoms with Gasteiger partial charge in [0.15, 0.2) is 0 Å². The molecule has 1 N–H and O–H groups in total. The zero-order valence-electron chi connectivity index (χ0n) is 10.5. The first kappa shape index (κ1) is 12.5. The van der Waals surface area contributed by atoms with Crippen LogP contribution in [0.5, 0.6) is 0 Å². The van der Waals surface area contributed by atoms with Crippen LogP contribution in [0.2, 0.25) is 0 Å². The quantitative estimate of drug-likeness (QED) is 0.785. The molecule has 3 aromatic heterocycles. The van der Waals surface area contributed by atoms with Crippen molar-refractivity contribution >= 4 is 22.7 Å². The van der Waals surface area contributed by atoms with Gasteiger partial charge in [0.05, 0.1) is 0 Å². The monoisotopic (exact) mass is 290 g/mol. The summed E-state index contributed by atoms with van der Waals surface area (Å²) in [4.78, 5) is 10.0. The van der Waals surface area contributed by atoms with Crippen molar-refractivity contribution in [3.63, 3.8) is 0 Å². The first-order chi connectivity index (χ1) is 9.34. The minimum absolute atomic E-state index is 0.115. The molecule has 0 aromatic carbocycles. The predicted octanol–water partition coefficient (Wildman–Crippen LogP) is 2.82. The van der Waals surface area contributed by atoms with Crippen LogP contribution >= 0.6 is 22.7 Å². The van der Waals surface area contributed by atoms with Crippen LogP contribution < -0.4 is 5.32 Å². The van der Waals surface area contributed by atoms with Crippen molar-refractivity contribution in [1.29, 1.82) is 0 Å². The lowest BCUT2D eigenvalue weighted by Gasteiger charge is -2.16. The smallest absolute Gasteiger partial charge is 0.131 e. The van der Waals surface area contributed by atoms with Crippen LogP contribution in [0.3, 0.4) is 0 Å². The summed E-state index contributed by atoms with van der Waals surface area (Å²) >= 11 is 3.41. The van der Waals surface area contributed by atoms with E-state index in [-0.39, 0.29) is 6.04 Å². The summed E-state index contributed by atoms with van der Waals surface area (Å²) in [5, 5.41) is 8.73. The van der Waals surface area contributed by atoms with Crippen LogP contribution in [0.25, 0.3) is 0 Å². The number of thiophene rings is 1. The maximum Gasteiger partial charge on any atom is 0.131 e. The SMILES string of the molecule is Cn1ccnc1C(NCc1nccs1)c1cccs1. The number of imidazole rings is 1. The van der Waals surface area contributed by atoms with Gasteiger partial charge < -0.3 is 4.57 Å². The van der Waals surface area contributed by atoms with Crippen LogP contribution in [0.15, 0.2) is 41.5 Å². The second-order valence-electron chi connectivity index (χ2n) is 4.15. The summed E-state index contributed by atoms with van der Waals surface area (Å²) < 4.78 is 2.05. The number of rotatable bonds is 5. The van der Waals surface area contributed by atoms with E-state index in [9.17, 15) is 0 Å². The molecule has 6 heteroatoms. The molecule has 4 nitrogen and oxygen atoms in total. The van der Waals surface area contributed by atoms with Gasteiger partial charge in [-0.2, -0.15) is 0 Å². The van der Waals surface area contributed by atoms with Crippen molar-refractivity contribution < 1.29 is 0 Å². The Kier molecular flexibility index (Phi) is 3.72. The average Bonchev–Trinajstić information content (AvgIpc) is 3.13.